The molecule has 3 aromatic carbocycles. The van der Waals surface area contributed by atoms with Crippen molar-refractivity contribution in [2.24, 2.45) is 0 Å². The highest BCUT2D eigenvalue weighted by Crippen LogP contribution is 2.42. The first-order valence-corrected chi connectivity index (χ1v) is 14.4. The van der Waals surface area contributed by atoms with Gasteiger partial charge >= 0.3 is 0 Å². The second kappa shape index (κ2) is 14.0. The highest BCUT2D eigenvalue weighted by molar-refractivity contribution is 6.46. The van der Waals surface area contributed by atoms with Gasteiger partial charge in [-0.25, -0.2) is 0 Å². The van der Waals surface area contributed by atoms with Crippen molar-refractivity contribution in [3.8, 4) is 17.2 Å². The number of methoxy groups -OCH3 is 1. The fourth-order valence-electron chi connectivity index (χ4n) is 5.17. The number of likely N-dealkylation sites (N-methyl/N-ethyl adjacent to an activating group) is 1. The number of ether oxygens (including phenoxy) is 3. The molecule has 3 aromatic rings. The predicted molar refractivity (Wildman–Crippen MR) is 163 cm³/mol. The maximum Gasteiger partial charge on any atom is 0.295 e. The van der Waals surface area contributed by atoms with E-state index in [1.165, 1.54) is 0 Å². The van der Waals surface area contributed by atoms with Gasteiger partial charge in [-0.15, -0.1) is 0 Å². The minimum atomic E-state index is -0.790. The van der Waals surface area contributed by atoms with Crippen molar-refractivity contribution < 1.29 is 28.9 Å². The monoisotopic (exact) mass is 572 g/mol. The van der Waals surface area contributed by atoms with Gasteiger partial charge in [0, 0.05) is 18.7 Å². The van der Waals surface area contributed by atoms with Crippen LogP contribution in [0.2, 0.25) is 0 Å². The van der Waals surface area contributed by atoms with Crippen LogP contribution >= 0.6 is 0 Å². The molecule has 1 N–H and O–H groups in total. The molecule has 8 nitrogen and oxygen atoms in total. The Hall–Kier alpha value is -4.30. The number of carbonyl (C=O) groups is 2. The summed E-state index contributed by atoms with van der Waals surface area (Å²) in [5.74, 6) is 0.0813. The van der Waals surface area contributed by atoms with Crippen LogP contribution in [-0.2, 0) is 16.2 Å². The van der Waals surface area contributed by atoms with Gasteiger partial charge in [-0.3, -0.25) is 9.59 Å². The number of hydrogen-bond acceptors (Lipinski definition) is 7. The Labute approximate surface area is 248 Å². The van der Waals surface area contributed by atoms with Crippen molar-refractivity contribution in [2.75, 3.05) is 39.9 Å². The summed E-state index contributed by atoms with van der Waals surface area (Å²) >= 11 is 0. The standard InChI is InChI=1S/C34H40N2O6/c1-6-35(7-2)19-20-36-31(25-15-18-28(41-8-3)29(21-25)40-5)30(33(38)34(36)39)32(37)24-13-16-27(17-14-24)42-22-26-12-10-9-11-23(26)4/h9-18,21,31,37H,6-8,19-20,22H2,1-5H3. The van der Waals surface area contributed by atoms with E-state index in [-0.39, 0.29) is 11.3 Å². The van der Waals surface area contributed by atoms with E-state index in [1.54, 1.807) is 48.4 Å². The summed E-state index contributed by atoms with van der Waals surface area (Å²) < 4.78 is 17.2. The van der Waals surface area contributed by atoms with E-state index >= 15 is 0 Å². The highest BCUT2D eigenvalue weighted by atomic mass is 16.5. The largest absolute Gasteiger partial charge is 0.507 e. The van der Waals surface area contributed by atoms with E-state index in [1.807, 2.05) is 44.2 Å². The molecule has 0 radical (unpaired) electrons. The summed E-state index contributed by atoms with van der Waals surface area (Å²) in [6.07, 6.45) is 0. The third kappa shape index (κ3) is 6.60. The average Bonchev–Trinajstić information content (AvgIpc) is 3.26. The Morgan fingerprint density at radius 2 is 1.64 bits per heavy atom. The molecule has 1 atom stereocenters. The van der Waals surface area contributed by atoms with Crippen molar-refractivity contribution in [3.63, 3.8) is 0 Å². The molecule has 0 aromatic heterocycles. The fourth-order valence-corrected chi connectivity index (χ4v) is 5.17. The van der Waals surface area contributed by atoms with E-state index in [2.05, 4.69) is 18.7 Å². The van der Waals surface area contributed by atoms with Crippen LogP contribution < -0.4 is 14.2 Å². The van der Waals surface area contributed by atoms with Crippen LogP contribution in [0.15, 0.2) is 72.3 Å². The van der Waals surface area contributed by atoms with Gasteiger partial charge in [-0.2, -0.15) is 0 Å². The number of benzene rings is 3. The lowest BCUT2D eigenvalue weighted by molar-refractivity contribution is -0.140. The number of nitrogens with zero attached hydrogens (tertiary/aromatic N) is 2. The third-order valence-corrected chi connectivity index (χ3v) is 7.68. The first kappa shape index (κ1) is 30.7. The van der Waals surface area contributed by atoms with Gasteiger partial charge < -0.3 is 29.1 Å². The van der Waals surface area contributed by atoms with Crippen LogP contribution in [0.25, 0.3) is 5.76 Å². The summed E-state index contributed by atoms with van der Waals surface area (Å²) in [7, 11) is 1.54. The summed E-state index contributed by atoms with van der Waals surface area (Å²) in [6.45, 7) is 11.5. The summed E-state index contributed by atoms with van der Waals surface area (Å²) in [4.78, 5) is 30.6. The van der Waals surface area contributed by atoms with Crippen LogP contribution in [0.3, 0.4) is 0 Å². The van der Waals surface area contributed by atoms with Crippen molar-refractivity contribution in [2.45, 2.75) is 40.3 Å². The van der Waals surface area contributed by atoms with Gasteiger partial charge in [-0.1, -0.05) is 44.2 Å². The number of ketones is 1. The first-order valence-electron chi connectivity index (χ1n) is 14.4. The van der Waals surface area contributed by atoms with Gasteiger partial charge in [0.2, 0.25) is 0 Å². The van der Waals surface area contributed by atoms with Crippen molar-refractivity contribution in [3.05, 3.63) is 94.6 Å². The van der Waals surface area contributed by atoms with E-state index in [9.17, 15) is 14.7 Å². The van der Waals surface area contributed by atoms with Gasteiger partial charge in [0.15, 0.2) is 11.5 Å². The normalized spacial score (nSPS) is 16.2. The van der Waals surface area contributed by atoms with Crippen LogP contribution in [0.4, 0.5) is 0 Å². The molecule has 42 heavy (non-hydrogen) atoms. The lowest BCUT2D eigenvalue weighted by atomic mass is 9.95. The number of Topliss-reactive ketones (excluding diaryl/α,β-unsaturated/α-hetero) is 1. The zero-order valence-electron chi connectivity index (χ0n) is 25.1. The Balaban J connectivity index is 1.70. The van der Waals surface area contributed by atoms with Crippen molar-refractivity contribution >= 4 is 17.4 Å². The van der Waals surface area contributed by atoms with Gasteiger partial charge in [-0.05, 0) is 80.0 Å². The van der Waals surface area contributed by atoms with Gasteiger partial charge in [0.05, 0.1) is 25.3 Å². The Bertz CT molecular complexity index is 1430. The van der Waals surface area contributed by atoms with Gasteiger partial charge in [0.25, 0.3) is 11.7 Å². The van der Waals surface area contributed by atoms with Crippen LogP contribution in [0, 0.1) is 6.92 Å². The second-order valence-electron chi connectivity index (χ2n) is 10.1. The topological polar surface area (TPSA) is 88.5 Å². The molecule has 8 heteroatoms. The number of aliphatic hydroxyl groups excluding tert-OH is 1. The Morgan fingerprint density at radius 3 is 2.29 bits per heavy atom. The molecule has 1 amide bonds. The molecule has 0 aliphatic carbocycles. The molecule has 4 rings (SSSR count). The average molecular weight is 573 g/mol. The number of amides is 1. The number of aliphatic hydroxyl groups is 1. The molecule has 222 valence electrons. The maximum absolute atomic E-state index is 13.5. The predicted octanol–water partition coefficient (Wildman–Crippen LogP) is 5.74. The minimum Gasteiger partial charge on any atom is -0.507 e. The van der Waals surface area contributed by atoms with Crippen LogP contribution in [-0.4, -0.2) is 66.5 Å². The highest BCUT2D eigenvalue weighted by Gasteiger charge is 2.46. The Kier molecular flexibility index (Phi) is 10.3. The molecule has 0 spiro atoms. The number of hydrogen-bond donors (Lipinski definition) is 1. The van der Waals surface area contributed by atoms with Crippen LogP contribution in [0.5, 0.6) is 17.2 Å². The molecular formula is C34H40N2O6. The molecule has 1 saturated heterocycles. The molecule has 1 aliphatic heterocycles. The molecule has 1 aliphatic rings. The summed E-state index contributed by atoms with van der Waals surface area (Å²) in [5.41, 5.74) is 3.33. The van der Waals surface area contributed by atoms with E-state index in [0.29, 0.717) is 54.7 Å². The third-order valence-electron chi connectivity index (χ3n) is 7.68. The molecule has 0 bridgehead atoms. The smallest absolute Gasteiger partial charge is 0.295 e. The summed E-state index contributed by atoms with van der Waals surface area (Å²) in [6, 6.07) is 19.5. The molecule has 1 unspecified atom stereocenters. The van der Waals surface area contributed by atoms with Crippen molar-refractivity contribution in [1.29, 1.82) is 0 Å². The van der Waals surface area contributed by atoms with E-state index in [4.69, 9.17) is 14.2 Å². The fraction of sp³-hybridized carbons (Fsp3) is 0.353. The van der Waals surface area contributed by atoms with Crippen molar-refractivity contribution in [1.82, 2.24) is 9.80 Å². The van der Waals surface area contributed by atoms with E-state index in [0.717, 1.165) is 24.2 Å². The second-order valence-corrected chi connectivity index (χ2v) is 10.1. The first-order chi connectivity index (χ1) is 20.3. The summed E-state index contributed by atoms with van der Waals surface area (Å²) in [5, 5.41) is 11.5. The minimum absolute atomic E-state index is 0.0411. The molecular weight excluding hydrogens is 532 g/mol. The Morgan fingerprint density at radius 1 is 0.929 bits per heavy atom. The molecule has 1 fully saturated rings. The molecule has 1 heterocycles. The van der Waals surface area contributed by atoms with Gasteiger partial charge in [0.1, 0.15) is 18.1 Å². The van der Waals surface area contributed by atoms with Crippen LogP contribution in [0.1, 0.15) is 49.1 Å². The number of rotatable bonds is 13. The SMILES string of the molecule is CCOc1ccc(C2C(=C(O)c3ccc(OCc4ccccc4C)cc3)C(=O)C(=O)N2CCN(CC)CC)cc1OC. The zero-order valence-corrected chi connectivity index (χ0v) is 25.1. The maximum atomic E-state index is 13.5. The number of aryl methyl sites for hydroxylation is 1. The number of likely N-dealkylation sites (tertiary alicyclic amines) is 1. The number of carbonyl (C=O) groups excluding carboxylic acids is 2. The molecule has 0 saturated carbocycles. The quantitative estimate of drug-likeness (QED) is 0.159. The van der Waals surface area contributed by atoms with E-state index < -0.39 is 17.7 Å². The lowest BCUT2D eigenvalue weighted by Crippen LogP contribution is -2.38. The lowest BCUT2D eigenvalue weighted by Gasteiger charge is -2.28. The zero-order chi connectivity index (χ0) is 30.2.